The first-order valence-corrected chi connectivity index (χ1v) is 6.38. The summed E-state index contributed by atoms with van der Waals surface area (Å²) in [5, 5.41) is 0. The molecule has 0 atom stereocenters. The van der Waals surface area contributed by atoms with Gasteiger partial charge >= 0.3 is 0 Å². The van der Waals surface area contributed by atoms with Crippen LogP contribution in [0.3, 0.4) is 0 Å². The lowest BCUT2D eigenvalue weighted by molar-refractivity contribution is 0.622. The summed E-state index contributed by atoms with van der Waals surface area (Å²) >= 11 is 1.57. The molecule has 0 heterocycles. The monoisotopic (exact) mass is 232 g/mol. The van der Waals surface area contributed by atoms with E-state index >= 15 is 0 Å². The molecule has 0 radical (unpaired) electrons. The topological polar surface area (TPSA) is 0 Å². The second-order valence-corrected chi connectivity index (χ2v) is 4.54. The lowest BCUT2D eigenvalue weighted by Gasteiger charge is -2.04. The molecular weight excluding hydrogens is 219 g/mol. The van der Waals surface area contributed by atoms with Crippen LogP contribution in [0.25, 0.3) is 0 Å². The summed E-state index contributed by atoms with van der Waals surface area (Å²) in [4.78, 5) is 0.978. The normalized spacial score (nSPS) is 10.4. The van der Waals surface area contributed by atoms with Gasteiger partial charge in [-0.05, 0) is 42.0 Å². The first-order valence-electron chi connectivity index (χ1n) is 5.15. The zero-order chi connectivity index (χ0) is 11.4. The number of thioether (sulfide) groups is 1. The fourth-order valence-electron chi connectivity index (χ4n) is 1.67. The minimum Gasteiger partial charge on any atom is -0.207 e. The van der Waals surface area contributed by atoms with Gasteiger partial charge in [-0.15, -0.1) is 11.8 Å². The molecule has 16 heavy (non-hydrogen) atoms. The van der Waals surface area contributed by atoms with E-state index in [0.717, 1.165) is 16.9 Å². The average Bonchev–Trinajstić information content (AvgIpc) is 2.29. The fourth-order valence-corrected chi connectivity index (χ4v) is 2.17. The van der Waals surface area contributed by atoms with Crippen LogP contribution in [-0.4, -0.2) is 6.26 Å². The van der Waals surface area contributed by atoms with Crippen LogP contribution in [0, 0.1) is 5.82 Å². The summed E-state index contributed by atoms with van der Waals surface area (Å²) in [6.07, 6.45) is 2.74. The Morgan fingerprint density at radius 2 is 1.75 bits per heavy atom. The van der Waals surface area contributed by atoms with E-state index in [2.05, 4.69) is 12.1 Å². The summed E-state index contributed by atoms with van der Waals surface area (Å²) in [7, 11) is 0. The molecule has 82 valence electrons. The first kappa shape index (κ1) is 11.2. The molecule has 2 aromatic rings. The third-order valence-electron chi connectivity index (χ3n) is 2.42. The Bertz CT molecular complexity index is 465. The average molecular weight is 232 g/mol. The summed E-state index contributed by atoms with van der Waals surface area (Å²) in [6, 6.07) is 15.3. The van der Waals surface area contributed by atoms with Crippen LogP contribution in [0.2, 0.25) is 0 Å². The second kappa shape index (κ2) is 5.17. The van der Waals surface area contributed by atoms with Gasteiger partial charge in [-0.1, -0.05) is 30.3 Å². The van der Waals surface area contributed by atoms with Crippen molar-refractivity contribution in [2.75, 3.05) is 6.26 Å². The molecule has 0 fully saturated rings. The molecule has 0 unspecified atom stereocenters. The second-order valence-electron chi connectivity index (χ2n) is 3.66. The highest BCUT2D eigenvalue weighted by molar-refractivity contribution is 7.98. The van der Waals surface area contributed by atoms with Crippen molar-refractivity contribution in [1.29, 1.82) is 0 Å². The maximum Gasteiger partial charge on any atom is 0.124 e. The van der Waals surface area contributed by atoms with Crippen molar-refractivity contribution in [1.82, 2.24) is 0 Å². The Morgan fingerprint density at radius 3 is 2.44 bits per heavy atom. The maximum absolute atomic E-state index is 13.3. The van der Waals surface area contributed by atoms with Gasteiger partial charge in [0.15, 0.2) is 0 Å². The van der Waals surface area contributed by atoms with Crippen molar-refractivity contribution in [2.24, 2.45) is 0 Å². The van der Waals surface area contributed by atoms with Crippen LogP contribution in [0.15, 0.2) is 53.4 Å². The predicted molar refractivity (Wildman–Crippen MR) is 67.4 cm³/mol. The Kier molecular flexibility index (Phi) is 3.62. The van der Waals surface area contributed by atoms with Gasteiger partial charge in [-0.25, -0.2) is 4.39 Å². The number of hydrogen-bond acceptors (Lipinski definition) is 1. The van der Waals surface area contributed by atoms with E-state index < -0.39 is 0 Å². The smallest absolute Gasteiger partial charge is 0.124 e. The molecule has 0 aliphatic heterocycles. The van der Waals surface area contributed by atoms with Gasteiger partial charge in [0.05, 0.1) is 0 Å². The Labute approximate surface area is 99.5 Å². The van der Waals surface area contributed by atoms with E-state index in [1.165, 1.54) is 5.56 Å². The van der Waals surface area contributed by atoms with Gasteiger partial charge in [0, 0.05) is 4.90 Å². The Morgan fingerprint density at radius 1 is 1.00 bits per heavy atom. The minimum absolute atomic E-state index is 0.155. The summed E-state index contributed by atoms with van der Waals surface area (Å²) in [5.41, 5.74) is 2.23. The third kappa shape index (κ3) is 2.86. The number of rotatable bonds is 3. The van der Waals surface area contributed by atoms with Gasteiger partial charge in [0.25, 0.3) is 0 Å². The molecule has 0 nitrogen and oxygen atoms in total. The van der Waals surface area contributed by atoms with Crippen LogP contribution >= 0.6 is 11.8 Å². The molecule has 2 rings (SSSR count). The largest absolute Gasteiger partial charge is 0.207 e. The van der Waals surface area contributed by atoms with E-state index in [1.807, 2.05) is 30.5 Å². The van der Waals surface area contributed by atoms with Crippen molar-refractivity contribution in [2.45, 2.75) is 11.3 Å². The van der Waals surface area contributed by atoms with E-state index in [1.54, 1.807) is 23.9 Å². The molecule has 0 spiro atoms. The van der Waals surface area contributed by atoms with Crippen molar-refractivity contribution in [3.63, 3.8) is 0 Å². The van der Waals surface area contributed by atoms with Gasteiger partial charge in [0.2, 0.25) is 0 Å². The maximum atomic E-state index is 13.3. The molecule has 0 saturated carbocycles. The zero-order valence-corrected chi connectivity index (χ0v) is 9.93. The molecule has 0 saturated heterocycles. The molecule has 0 aromatic heterocycles. The molecular formula is C14H13FS. The zero-order valence-electron chi connectivity index (χ0n) is 9.11. The van der Waals surface area contributed by atoms with Gasteiger partial charge in [0.1, 0.15) is 5.82 Å². The standard InChI is InChI=1S/C14H13FS/c1-16-14-9-12(8-13(15)10-14)7-11-5-3-2-4-6-11/h2-6,8-10H,7H2,1H3. The van der Waals surface area contributed by atoms with Crippen LogP contribution in [0.1, 0.15) is 11.1 Å². The lowest BCUT2D eigenvalue weighted by Crippen LogP contribution is -1.90. The number of hydrogen-bond donors (Lipinski definition) is 0. The molecule has 0 N–H and O–H groups in total. The van der Waals surface area contributed by atoms with E-state index in [0.29, 0.717) is 0 Å². The van der Waals surface area contributed by atoms with Crippen molar-refractivity contribution in [3.8, 4) is 0 Å². The predicted octanol–water partition coefficient (Wildman–Crippen LogP) is 4.14. The third-order valence-corrected chi connectivity index (χ3v) is 3.12. The minimum atomic E-state index is -0.155. The van der Waals surface area contributed by atoms with E-state index in [9.17, 15) is 4.39 Å². The highest BCUT2D eigenvalue weighted by Gasteiger charge is 2.01. The SMILES string of the molecule is CSc1cc(F)cc(Cc2ccccc2)c1. The number of halogens is 1. The van der Waals surface area contributed by atoms with Crippen molar-refractivity contribution in [3.05, 3.63) is 65.5 Å². The van der Waals surface area contributed by atoms with E-state index in [-0.39, 0.29) is 5.82 Å². The van der Waals surface area contributed by atoms with Gasteiger partial charge < -0.3 is 0 Å². The van der Waals surface area contributed by atoms with Crippen LogP contribution in [0.5, 0.6) is 0 Å². The summed E-state index contributed by atoms with van der Waals surface area (Å²) < 4.78 is 13.3. The first-order chi connectivity index (χ1) is 7.78. The molecule has 0 aliphatic rings. The highest BCUT2D eigenvalue weighted by Crippen LogP contribution is 2.20. The van der Waals surface area contributed by atoms with E-state index in [4.69, 9.17) is 0 Å². The van der Waals surface area contributed by atoms with Crippen molar-refractivity contribution >= 4 is 11.8 Å². The number of benzene rings is 2. The summed E-state index contributed by atoms with van der Waals surface area (Å²) in [6.45, 7) is 0. The van der Waals surface area contributed by atoms with Crippen molar-refractivity contribution < 1.29 is 4.39 Å². The molecule has 2 heteroatoms. The molecule has 0 aliphatic carbocycles. The van der Waals surface area contributed by atoms with Crippen LogP contribution in [0.4, 0.5) is 4.39 Å². The molecule has 0 bridgehead atoms. The highest BCUT2D eigenvalue weighted by atomic mass is 32.2. The Balaban J connectivity index is 2.24. The van der Waals surface area contributed by atoms with Crippen LogP contribution in [-0.2, 0) is 6.42 Å². The quantitative estimate of drug-likeness (QED) is 0.717. The fraction of sp³-hybridized carbons (Fsp3) is 0.143. The molecule has 2 aromatic carbocycles. The van der Waals surface area contributed by atoms with Gasteiger partial charge in [-0.2, -0.15) is 0 Å². The molecule has 0 amide bonds. The lowest BCUT2D eigenvalue weighted by atomic mass is 10.1. The summed E-state index contributed by atoms with van der Waals surface area (Å²) in [5.74, 6) is -0.155. The van der Waals surface area contributed by atoms with Gasteiger partial charge in [-0.3, -0.25) is 0 Å². The van der Waals surface area contributed by atoms with Crippen LogP contribution < -0.4 is 0 Å². The Hall–Kier alpha value is -1.28.